The van der Waals surface area contributed by atoms with Gasteiger partial charge in [-0.25, -0.2) is 0 Å². The van der Waals surface area contributed by atoms with Gasteiger partial charge in [-0.1, -0.05) is 38.1 Å². The molecule has 1 aliphatic rings. The van der Waals surface area contributed by atoms with Crippen molar-refractivity contribution in [3.05, 3.63) is 35.4 Å². The number of morpholine rings is 1. The van der Waals surface area contributed by atoms with E-state index in [0.717, 1.165) is 64.9 Å². The summed E-state index contributed by atoms with van der Waals surface area (Å²) in [7, 11) is 1.82. The third-order valence-electron chi connectivity index (χ3n) is 5.13. The molecule has 0 radical (unpaired) electrons. The molecule has 0 saturated carbocycles. The van der Waals surface area contributed by atoms with Gasteiger partial charge in [0, 0.05) is 46.4 Å². The molecule has 6 heteroatoms. The number of nitrogens with zero attached hydrogens (tertiary/aromatic N) is 2. The lowest BCUT2D eigenvalue weighted by Crippen LogP contribution is -2.39. The highest BCUT2D eigenvalue weighted by Crippen LogP contribution is 2.13. The third kappa shape index (κ3) is 7.78. The van der Waals surface area contributed by atoms with Crippen molar-refractivity contribution >= 4 is 5.96 Å². The number of nitrogens with one attached hydrogen (secondary N) is 2. The van der Waals surface area contributed by atoms with E-state index in [1.165, 1.54) is 11.1 Å². The number of ether oxygens (including phenoxy) is 2. The minimum absolute atomic E-state index is 0.282. The van der Waals surface area contributed by atoms with Crippen LogP contribution in [-0.2, 0) is 22.6 Å². The normalized spacial score (nSPS) is 17.0. The summed E-state index contributed by atoms with van der Waals surface area (Å²) in [4.78, 5) is 6.82. The molecule has 1 saturated heterocycles. The highest BCUT2D eigenvalue weighted by atomic mass is 16.5. The molecule has 1 heterocycles. The van der Waals surface area contributed by atoms with E-state index in [4.69, 9.17) is 9.47 Å². The lowest BCUT2D eigenvalue weighted by atomic mass is 10.0. The number of benzene rings is 1. The average molecular weight is 391 g/mol. The Morgan fingerprint density at radius 2 is 1.89 bits per heavy atom. The third-order valence-corrected chi connectivity index (χ3v) is 5.13. The Morgan fingerprint density at radius 1 is 1.18 bits per heavy atom. The number of hydrogen-bond donors (Lipinski definition) is 2. The minimum Gasteiger partial charge on any atom is -0.379 e. The molecule has 1 aliphatic heterocycles. The Bertz CT molecular complexity index is 586. The predicted octanol–water partition coefficient (Wildman–Crippen LogP) is 2.63. The van der Waals surface area contributed by atoms with Crippen molar-refractivity contribution < 1.29 is 9.47 Å². The molecule has 0 aliphatic carbocycles. The average Bonchev–Trinajstić information content (AvgIpc) is 2.71. The van der Waals surface area contributed by atoms with Crippen LogP contribution in [0.2, 0.25) is 0 Å². The second kappa shape index (κ2) is 12.8. The molecule has 2 rings (SSSR count). The molecule has 6 nitrogen and oxygen atoms in total. The first-order valence-electron chi connectivity index (χ1n) is 10.6. The van der Waals surface area contributed by atoms with Crippen LogP contribution < -0.4 is 10.6 Å². The molecule has 1 unspecified atom stereocenters. The molecule has 1 fully saturated rings. The Morgan fingerprint density at radius 3 is 2.54 bits per heavy atom. The summed E-state index contributed by atoms with van der Waals surface area (Å²) in [6, 6.07) is 8.63. The van der Waals surface area contributed by atoms with Crippen molar-refractivity contribution in [2.75, 3.05) is 46.5 Å². The van der Waals surface area contributed by atoms with E-state index in [0.29, 0.717) is 5.92 Å². The molecular formula is C22H38N4O2. The van der Waals surface area contributed by atoms with Crippen LogP contribution in [0.15, 0.2) is 29.3 Å². The summed E-state index contributed by atoms with van der Waals surface area (Å²) in [5, 5.41) is 6.87. The summed E-state index contributed by atoms with van der Waals surface area (Å²) in [6.45, 7) is 13.5. The number of guanidine groups is 1. The molecule has 1 aromatic carbocycles. The molecule has 1 atom stereocenters. The van der Waals surface area contributed by atoms with Gasteiger partial charge >= 0.3 is 0 Å². The number of aliphatic imine (C=N–C) groups is 1. The van der Waals surface area contributed by atoms with Crippen LogP contribution in [0.5, 0.6) is 0 Å². The molecule has 0 bridgehead atoms. The first-order valence-corrected chi connectivity index (χ1v) is 10.6. The van der Waals surface area contributed by atoms with Crippen LogP contribution in [-0.4, -0.2) is 63.5 Å². The Labute approximate surface area is 170 Å². The van der Waals surface area contributed by atoms with E-state index in [1.807, 2.05) is 7.05 Å². The maximum Gasteiger partial charge on any atom is 0.191 e. The maximum atomic E-state index is 5.82. The monoisotopic (exact) mass is 390 g/mol. The van der Waals surface area contributed by atoms with Gasteiger partial charge in [0.05, 0.1) is 19.3 Å². The van der Waals surface area contributed by atoms with E-state index in [1.54, 1.807) is 0 Å². The largest absolute Gasteiger partial charge is 0.379 e. The highest BCUT2D eigenvalue weighted by molar-refractivity contribution is 5.79. The molecule has 0 amide bonds. The Kier molecular flexibility index (Phi) is 10.3. The van der Waals surface area contributed by atoms with Crippen LogP contribution in [0.1, 0.15) is 38.3 Å². The SMILES string of the molecule is CCOC(CCNC(=NC)NCc1ccccc1CN1CCOCC1)C(C)C. The molecular weight excluding hydrogens is 352 g/mol. The fourth-order valence-corrected chi connectivity index (χ4v) is 3.44. The topological polar surface area (TPSA) is 58.1 Å². The second-order valence-electron chi connectivity index (χ2n) is 7.54. The van der Waals surface area contributed by atoms with Gasteiger partial charge in [0.25, 0.3) is 0 Å². The van der Waals surface area contributed by atoms with Crippen molar-refractivity contribution in [2.45, 2.75) is 46.4 Å². The van der Waals surface area contributed by atoms with Gasteiger partial charge in [-0.3, -0.25) is 9.89 Å². The van der Waals surface area contributed by atoms with Crippen molar-refractivity contribution in [1.29, 1.82) is 0 Å². The quantitative estimate of drug-likeness (QED) is 0.475. The minimum atomic E-state index is 0.282. The van der Waals surface area contributed by atoms with E-state index in [2.05, 4.69) is 65.6 Å². The van der Waals surface area contributed by atoms with Gasteiger partial charge in [-0.2, -0.15) is 0 Å². The zero-order chi connectivity index (χ0) is 20.2. The molecule has 2 N–H and O–H groups in total. The predicted molar refractivity (Wildman–Crippen MR) is 116 cm³/mol. The van der Waals surface area contributed by atoms with Crippen LogP contribution in [0.25, 0.3) is 0 Å². The fourth-order valence-electron chi connectivity index (χ4n) is 3.44. The van der Waals surface area contributed by atoms with Crippen LogP contribution in [0.3, 0.4) is 0 Å². The lowest BCUT2D eigenvalue weighted by molar-refractivity contribution is 0.0258. The summed E-state index contributed by atoms with van der Waals surface area (Å²) in [5.74, 6) is 1.35. The van der Waals surface area contributed by atoms with Crippen LogP contribution in [0.4, 0.5) is 0 Å². The van der Waals surface area contributed by atoms with E-state index in [9.17, 15) is 0 Å². The first kappa shape index (κ1) is 22.7. The van der Waals surface area contributed by atoms with Crippen LogP contribution in [0, 0.1) is 5.92 Å². The summed E-state index contributed by atoms with van der Waals surface area (Å²) in [5.41, 5.74) is 2.68. The van der Waals surface area contributed by atoms with E-state index >= 15 is 0 Å². The van der Waals surface area contributed by atoms with Gasteiger partial charge in [0.1, 0.15) is 0 Å². The van der Waals surface area contributed by atoms with Crippen molar-refractivity contribution in [2.24, 2.45) is 10.9 Å². The van der Waals surface area contributed by atoms with Gasteiger partial charge in [0.15, 0.2) is 5.96 Å². The maximum absolute atomic E-state index is 5.82. The zero-order valence-electron chi connectivity index (χ0n) is 18.0. The van der Waals surface area contributed by atoms with E-state index < -0.39 is 0 Å². The molecule has 0 aromatic heterocycles. The molecule has 158 valence electrons. The van der Waals surface area contributed by atoms with Gasteiger partial charge in [-0.15, -0.1) is 0 Å². The number of rotatable bonds is 10. The van der Waals surface area contributed by atoms with Crippen LogP contribution >= 0.6 is 0 Å². The zero-order valence-corrected chi connectivity index (χ0v) is 18.0. The van der Waals surface area contributed by atoms with Crippen molar-refractivity contribution in [3.63, 3.8) is 0 Å². The highest BCUT2D eigenvalue weighted by Gasteiger charge is 2.14. The van der Waals surface area contributed by atoms with Gasteiger partial charge in [-0.05, 0) is 30.4 Å². The molecule has 0 spiro atoms. The lowest BCUT2D eigenvalue weighted by Gasteiger charge is -2.27. The summed E-state index contributed by atoms with van der Waals surface area (Å²) >= 11 is 0. The van der Waals surface area contributed by atoms with Gasteiger partial charge < -0.3 is 20.1 Å². The standard InChI is InChI=1S/C22H38N4O2/c1-5-28-21(18(2)3)10-11-24-22(23-4)25-16-19-8-6-7-9-20(19)17-26-12-14-27-15-13-26/h6-9,18,21H,5,10-17H2,1-4H3,(H2,23,24,25). The first-order chi connectivity index (χ1) is 13.6. The summed E-state index contributed by atoms with van der Waals surface area (Å²) in [6.07, 6.45) is 1.25. The smallest absolute Gasteiger partial charge is 0.191 e. The number of hydrogen-bond acceptors (Lipinski definition) is 4. The Balaban J connectivity index is 1.82. The Hall–Kier alpha value is -1.63. The molecule has 1 aromatic rings. The van der Waals surface area contributed by atoms with Gasteiger partial charge in [0.2, 0.25) is 0 Å². The molecule has 28 heavy (non-hydrogen) atoms. The second-order valence-corrected chi connectivity index (χ2v) is 7.54. The fraction of sp³-hybridized carbons (Fsp3) is 0.682. The van der Waals surface area contributed by atoms with E-state index in [-0.39, 0.29) is 6.10 Å². The van der Waals surface area contributed by atoms with Crippen molar-refractivity contribution in [3.8, 4) is 0 Å². The van der Waals surface area contributed by atoms with Crippen molar-refractivity contribution in [1.82, 2.24) is 15.5 Å². The summed E-state index contributed by atoms with van der Waals surface area (Å²) < 4.78 is 11.3.